The van der Waals surface area contributed by atoms with Crippen molar-refractivity contribution in [1.82, 2.24) is 14.9 Å². The van der Waals surface area contributed by atoms with Crippen LogP contribution in [-0.2, 0) is 12.6 Å². The number of carbonyl (C=O) groups is 1. The van der Waals surface area contributed by atoms with Crippen LogP contribution in [0.1, 0.15) is 25.0 Å². The molecule has 3 rings (SSSR count). The van der Waals surface area contributed by atoms with Gasteiger partial charge >= 0.3 is 12.3 Å². The smallest absolute Gasteiger partial charge is 0.420 e. The van der Waals surface area contributed by atoms with Crippen LogP contribution < -0.4 is 10.2 Å². The van der Waals surface area contributed by atoms with E-state index in [-0.39, 0.29) is 12.0 Å². The summed E-state index contributed by atoms with van der Waals surface area (Å²) in [6, 6.07) is 5.51. The number of carboxylic acid groups (broad SMARTS) is 1. The average Bonchev–Trinajstić information content (AvgIpc) is 2.67. The third kappa shape index (κ3) is 4.69. The molecule has 30 heavy (non-hydrogen) atoms. The monoisotopic (exact) mass is 443 g/mol. The molecule has 1 aromatic carbocycles. The number of nitrogens with one attached hydrogen (secondary N) is 1. The molecule has 1 amide bonds. The van der Waals surface area contributed by atoms with Crippen molar-refractivity contribution in [3.63, 3.8) is 0 Å². The van der Waals surface area contributed by atoms with Gasteiger partial charge in [-0.05, 0) is 37.1 Å². The quantitative estimate of drug-likeness (QED) is 0.670. The first-order chi connectivity index (χ1) is 14.1. The van der Waals surface area contributed by atoms with Crippen LogP contribution in [0.2, 0.25) is 5.15 Å². The van der Waals surface area contributed by atoms with Gasteiger partial charge in [0.05, 0.1) is 0 Å². The second-order valence-corrected chi connectivity index (χ2v) is 7.34. The van der Waals surface area contributed by atoms with Gasteiger partial charge in [0.1, 0.15) is 10.7 Å². The lowest BCUT2D eigenvalue weighted by atomic mass is 10.1. The summed E-state index contributed by atoms with van der Waals surface area (Å²) < 4.78 is 38.5. The van der Waals surface area contributed by atoms with Crippen LogP contribution in [0, 0.1) is 0 Å². The largest absolute Gasteiger partial charge is 0.465 e. The summed E-state index contributed by atoms with van der Waals surface area (Å²) in [6.07, 6.45) is -4.23. The van der Waals surface area contributed by atoms with Crippen molar-refractivity contribution in [1.29, 1.82) is 0 Å². The van der Waals surface area contributed by atoms with Crippen LogP contribution in [0.15, 0.2) is 24.4 Å². The minimum absolute atomic E-state index is 0.0286. The van der Waals surface area contributed by atoms with E-state index in [0.29, 0.717) is 37.9 Å². The zero-order chi connectivity index (χ0) is 22.1. The number of aryl methyl sites for hydroxylation is 1. The summed E-state index contributed by atoms with van der Waals surface area (Å²) in [5.74, 6) is -0.0286. The van der Waals surface area contributed by atoms with E-state index < -0.39 is 23.0 Å². The molecule has 2 N–H and O–H groups in total. The third-order valence-electron chi connectivity index (χ3n) is 5.00. The van der Waals surface area contributed by atoms with E-state index in [2.05, 4.69) is 20.2 Å². The fraction of sp³-hybridized carbons (Fsp3) is 0.421. The SMILES string of the molecule is CCc1cc(N2CCN(C(=O)O)C(C)C2)ccc1Nc1ncc(C(F)(F)F)c(Cl)n1. The molecule has 1 aromatic heterocycles. The molecule has 0 saturated carbocycles. The molecule has 7 nitrogen and oxygen atoms in total. The van der Waals surface area contributed by atoms with E-state index in [9.17, 15) is 23.1 Å². The molecule has 0 spiro atoms. The Balaban J connectivity index is 1.78. The highest BCUT2D eigenvalue weighted by Gasteiger charge is 2.34. The molecule has 1 unspecified atom stereocenters. The number of nitrogens with zero attached hydrogens (tertiary/aromatic N) is 4. The number of amides is 1. The number of hydrogen-bond acceptors (Lipinski definition) is 5. The predicted molar refractivity (Wildman–Crippen MR) is 108 cm³/mol. The molecular weight excluding hydrogens is 423 g/mol. The van der Waals surface area contributed by atoms with Gasteiger partial charge in [0.25, 0.3) is 0 Å². The Hall–Kier alpha value is -2.75. The lowest BCUT2D eigenvalue weighted by Crippen LogP contribution is -2.53. The molecular formula is C19H21ClF3N5O2. The minimum atomic E-state index is -4.62. The molecule has 2 heterocycles. The molecule has 11 heteroatoms. The van der Waals surface area contributed by atoms with Crippen molar-refractivity contribution >= 4 is 35.0 Å². The van der Waals surface area contributed by atoms with Crippen molar-refractivity contribution in [3.8, 4) is 0 Å². The first-order valence-corrected chi connectivity index (χ1v) is 9.72. The molecule has 0 aliphatic carbocycles. The number of halogens is 4. The molecule has 2 aromatic rings. The van der Waals surface area contributed by atoms with Gasteiger partial charge in [0, 0.05) is 43.2 Å². The fourth-order valence-corrected chi connectivity index (χ4v) is 3.64. The van der Waals surface area contributed by atoms with Gasteiger partial charge in [-0.3, -0.25) is 0 Å². The number of anilines is 3. The topological polar surface area (TPSA) is 81.6 Å². The van der Waals surface area contributed by atoms with E-state index in [1.165, 1.54) is 4.90 Å². The second-order valence-electron chi connectivity index (χ2n) is 6.99. The Morgan fingerprint density at radius 2 is 2.10 bits per heavy atom. The number of benzene rings is 1. The highest BCUT2D eigenvalue weighted by molar-refractivity contribution is 6.30. The van der Waals surface area contributed by atoms with Crippen molar-refractivity contribution in [2.24, 2.45) is 0 Å². The maximum absolute atomic E-state index is 12.8. The standard InChI is InChI=1S/C19H21ClF3N5O2/c1-3-12-8-13(27-6-7-28(18(29)30)11(2)10-27)4-5-15(12)25-17-24-9-14(16(20)26-17)19(21,22)23/h4-5,8-9,11H,3,6-7,10H2,1-2H3,(H,29,30)(H,24,25,26). The first kappa shape index (κ1) is 21.9. The average molecular weight is 444 g/mol. The Labute approximate surface area is 176 Å². The molecule has 0 bridgehead atoms. The summed E-state index contributed by atoms with van der Waals surface area (Å²) in [7, 11) is 0. The first-order valence-electron chi connectivity index (χ1n) is 9.34. The maximum Gasteiger partial charge on any atom is 0.420 e. The fourth-order valence-electron chi connectivity index (χ4n) is 3.40. The van der Waals surface area contributed by atoms with Gasteiger partial charge in [0.15, 0.2) is 0 Å². The van der Waals surface area contributed by atoms with Gasteiger partial charge in [-0.2, -0.15) is 13.2 Å². The molecule has 1 fully saturated rings. The van der Waals surface area contributed by atoms with E-state index in [1.54, 1.807) is 6.07 Å². The summed E-state index contributed by atoms with van der Waals surface area (Å²) in [4.78, 5) is 22.2. The Kier molecular flexibility index (Phi) is 6.25. The summed E-state index contributed by atoms with van der Waals surface area (Å²) in [6.45, 7) is 5.37. The van der Waals surface area contributed by atoms with E-state index in [1.807, 2.05) is 26.0 Å². The number of rotatable bonds is 4. The molecule has 1 saturated heterocycles. The Morgan fingerprint density at radius 1 is 1.37 bits per heavy atom. The molecule has 1 aliphatic rings. The molecule has 1 aliphatic heterocycles. The predicted octanol–water partition coefficient (Wildman–Crippen LogP) is 4.64. The van der Waals surface area contributed by atoms with Crippen molar-refractivity contribution in [2.45, 2.75) is 32.5 Å². The number of alkyl halides is 3. The maximum atomic E-state index is 12.8. The van der Waals surface area contributed by atoms with Crippen LogP contribution in [0.5, 0.6) is 0 Å². The summed E-state index contributed by atoms with van der Waals surface area (Å²) in [5, 5.41) is 11.5. The number of aromatic nitrogens is 2. The number of piperazine rings is 1. The van der Waals surface area contributed by atoms with Crippen molar-refractivity contribution < 1.29 is 23.1 Å². The van der Waals surface area contributed by atoms with Gasteiger partial charge in [0.2, 0.25) is 5.95 Å². The van der Waals surface area contributed by atoms with Crippen LogP contribution in [0.3, 0.4) is 0 Å². The van der Waals surface area contributed by atoms with Crippen LogP contribution in [0.25, 0.3) is 0 Å². The lowest BCUT2D eigenvalue weighted by Gasteiger charge is -2.39. The number of hydrogen-bond donors (Lipinski definition) is 2. The lowest BCUT2D eigenvalue weighted by molar-refractivity contribution is -0.137. The van der Waals surface area contributed by atoms with Gasteiger partial charge in [-0.25, -0.2) is 14.8 Å². The van der Waals surface area contributed by atoms with Gasteiger partial charge in [-0.15, -0.1) is 0 Å². The van der Waals surface area contributed by atoms with E-state index >= 15 is 0 Å². The Bertz CT molecular complexity index is 941. The van der Waals surface area contributed by atoms with Crippen LogP contribution in [0.4, 0.5) is 35.3 Å². The van der Waals surface area contributed by atoms with Crippen LogP contribution in [-0.4, -0.2) is 51.7 Å². The van der Waals surface area contributed by atoms with E-state index in [0.717, 1.165) is 11.3 Å². The Morgan fingerprint density at radius 3 is 2.67 bits per heavy atom. The molecule has 0 radical (unpaired) electrons. The van der Waals surface area contributed by atoms with Gasteiger partial charge in [-0.1, -0.05) is 18.5 Å². The van der Waals surface area contributed by atoms with E-state index in [4.69, 9.17) is 11.6 Å². The zero-order valence-electron chi connectivity index (χ0n) is 16.4. The zero-order valence-corrected chi connectivity index (χ0v) is 17.1. The van der Waals surface area contributed by atoms with Crippen molar-refractivity contribution in [3.05, 3.63) is 40.7 Å². The normalized spacial score (nSPS) is 17.2. The molecule has 1 atom stereocenters. The minimum Gasteiger partial charge on any atom is -0.465 e. The van der Waals surface area contributed by atoms with Gasteiger partial charge < -0.3 is 20.2 Å². The van der Waals surface area contributed by atoms with Crippen molar-refractivity contribution in [2.75, 3.05) is 29.9 Å². The summed E-state index contributed by atoms with van der Waals surface area (Å²) in [5.41, 5.74) is 1.44. The highest BCUT2D eigenvalue weighted by Crippen LogP contribution is 2.34. The summed E-state index contributed by atoms with van der Waals surface area (Å²) >= 11 is 5.66. The molecule has 162 valence electrons. The van der Waals surface area contributed by atoms with Crippen LogP contribution >= 0.6 is 11.6 Å². The highest BCUT2D eigenvalue weighted by atomic mass is 35.5. The third-order valence-corrected chi connectivity index (χ3v) is 5.29. The second kappa shape index (κ2) is 8.55.